The summed E-state index contributed by atoms with van der Waals surface area (Å²) < 4.78 is 32.6. The second-order valence-corrected chi connectivity index (χ2v) is 11.5. The van der Waals surface area contributed by atoms with E-state index in [2.05, 4.69) is 22.0 Å². The lowest BCUT2D eigenvalue weighted by Gasteiger charge is -2.41. The maximum atomic E-state index is 13.9. The van der Waals surface area contributed by atoms with Gasteiger partial charge in [0.1, 0.15) is 17.6 Å². The van der Waals surface area contributed by atoms with Crippen LogP contribution in [0.4, 0.5) is 14.6 Å². The standard InChI is InChI=1S/C25H36F2N4O2S/c1-17-15-30(10-11-31(17)24-23(16-33-29-24)25(3,26)27)9-8-19-4-6-20(7-5-19)12-21(32)13-22-14-28-18(2)34-22/h14,16-17,19-20H,4-13,15H2,1-3H3. The van der Waals surface area contributed by atoms with E-state index >= 15 is 0 Å². The number of ketones is 1. The zero-order valence-corrected chi connectivity index (χ0v) is 21.3. The highest BCUT2D eigenvalue weighted by atomic mass is 32.1. The molecule has 0 aromatic carbocycles. The van der Waals surface area contributed by atoms with E-state index in [1.807, 2.05) is 18.0 Å². The smallest absolute Gasteiger partial charge is 0.277 e. The molecule has 2 aromatic rings. The van der Waals surface area contributed by atoms with Crippen LogP contribution in [0.5, 0.6) is 0 Å². The van der Waals surface area contributed by atoms with E-state index in [0.29, 0.717) is 37.0 Å². The molecule has 3 heterocycles. The quantitative estimate of drug-likeness (QED) is 0.461. The lowest BCUT2D eigenvalue weighted by atomic mass is 9.78. The first-order chi connectivity index (χ1) is 16.2. The number of thiazole rings is 1. The highest BCUT2D eigenvalue weighted by molar-refractivity contribution is 7.11. The molecule has 6 nitrogen and oxygen atoms in total. The molecular weight excluding hydrogens is 458 g/mol. The first kappa shape index (κ1) is 25.2. The Hall–Kier alpha value is -1.87. The van der Waals surface area contributed by atoms with Crippen LogP contribution in [0.3, 0.4) is 0 Å². The van der Waals surface area contributed by atoms with Gasteiger partial charge in [0.05, 0.1) is 5.01 Å². The number of Topliss-reactive ketones (excluding diaryl/α,β-unsaturated/α-hetero) is 1. The Morgan fingerprint density at radius 1 is 1.24 bits per heavy atom. The number of piperazine rings is 1. The van der Waals surface area contributed by atoms with Gasteiger partial charge in [-0.3, -0.25) is 9.69 Å². The summed E-state index contributed by atoms with van der Waals surface area (Å²) in [5, 5.41) is 4.90. The molecular formula is C25H36F2N4O2S. The van der Waals surface area contributed by atoms with Gasteiger partial charge in [-0.2, -0.15) is 0 Å². The van der Waals surface area contributed by atoms with Crippen LogP contribution >= 0.6 is 11.3 Å². The normalized spacial score (nSPS) is 24.5. The van der Waals surface area contributed by atoms with E-state index in [0.717, 1.165) is 62.0 Å². The second-order valence-electron chi connectivity index (χ2n) is 10.2. The summed E-state index contributed by atoms with van der Waals surface area (Å²) in [6, 6.07) is 0.101. The van der Waals surface area contributed by atoms with Crippen molar-refractivity contribution in [3.63, 3.8) is 0 Å². The predicted octanol–water partition coefficient (Wildman–Crippen LogP) is 5.46. The summed E-state index contributed by atoms with van der Waals surface area (Å²) in [5.41, 5.74) is -0.134. The van der Waals surface area contributed by atoms with Crippen LogP contribution in [-0.2, 0) is 17.1 Å². The Kier molecular flexibility index (Phi) is 8.02. The van der Waals surface area contributed by atoms with Crippen molar-refractivity contribution >= 4 is 22.9 Å². The number of halogens is 2. The van der Waals surface area contributed by atoms with Crippen LogP contribution in [-0.4, -0.2) is 53.0 Å². The average molecular weight is 495 g/mol. The zero-order valence-electron chi connectivity index (χ0n) is 20.4. The lowest BCUT2D eigenvalue weighted by molar-refractivity contribution is -0.119. The Morgan fingerprint density at radius 2 is 1.97 bits per heavy atom. The minimum atomic E-state index is -2.96. The van der Waals surface area contributed by atoms with Crippen molar-refractivity contribution in [2.75, 3.05) is 31.1 Å². The van der Waals surface area contributed by atoms with E-state index in [1.54, 1.807) is 11.3 Å². The molecule has 1 unspecified atom stereocenters. The third-order valence-corrected chi connectivity index (χ3v) is 8.30. The van der Waals surface area contributed by atoms with Gasteiger partial charge in [0.2, 0.25) is 0 Å². The average Bonchev–Trinajstić information content (AvgIpc) is 3.42. The van der Waals surface area contributed by atoms with Crippen LogP contribution < -0.4 is 4.90 Å². The number of nitrogens with zero attached hydrogens (tertiary/aromatic N) is 4. The number of carbonyl (C=O) groups is 1. The predicted molar refractivity (Wildman–Crippen MR) is 130 cm³/mol. The molecule has 0 bridgehead atoms. The minimum Gasteiger partial charge on any atom is -0.362 e. The van der Waals surface area contributed by atoms with Gasteiger partial charge in [0, 0.05) is 56.5 Å². The number of rotatable bonds is 9. The summed E-state index contributed by atoms with van der Waals surface area (Å²) in [4.78, 5) is 22.1. The van der Waals surface area contributed by atoms with Gasteiger partial charge in [0.15, 0.2) is 5.82 Å². The molecule has 1 aliphatic carbocycles. The Balaban J connectivity index is 1.17. The number of anilines is 1. The lowest BCUT2D eigenvalue weighted by Crippen LogP contribution is -2.52. The van der Waals surface area contributed by atoms with Gasteiger partial charge in [-0.15, -0.1) is 11.3 Å². The van der Waals surface area contributed by atoms with Crippen molar-refractivity contribution < 1.29 is 18.1 Å². The SMILES string of the molecule is Cc1ncc(CC(=O)CC2CCC(CCN3CCN(c4nocc4C(C)(F)F)C(C)C3)CC2)s1. The summed E-state index contributed by atoms with van der Waals surface area (Å²) in [5.74, 6) is -1.11. The van der Waals surface area contributed by atoms with Gasteiger partial charge >= 0.3 is 0 Å². The van der Waals surface area contributed by atoms with Crippen molar-refractivity contribution in [1.82, 2.24) is 15.0 Å². The number of hydrogen-bond acceptors (Lipinski definition) is 7. The van der Waals surface area contributed by atoms with E-state index < -0.39 is 5.92 Å². The van der Waals surface area contributed by atoms with Crippen LogP contribution in [0.1, 0.15) is 67.8 Å². The molecule has 2 aliphatic rings. The Morgan fingerprint density at radius 3 is 2.62 bits per heavy atom. The molecule has 1 atom stereocenters. The van der Waals surface area contributed by atoms with Crippen molar-refractivity contribution in [2.24, 2.45) is 11.8 Å². The van der Waals surface area contributed by atoms with E-state index in [1.165, 1.54) is 12.8 Å². The minimum absolute atomic E-state index is 0.101. The maximum Gasteiger partial charge on any atom is 0.277 e. The highest BCUT2D eigenvalue weighted by Gasteiger charge is 2.36. The molecule has 188 valence electrons. The number of aryl methyl sites for hydroxylation is 1. The third-order valence-electron chi connectivity index (χ3n) is 7.38. The van der Waals surface area contributed by atoms with Gasteiger partial charge < -0.3 is 9.42 Å². The topological polar surface area (TPSA) is 62.5 Å². The summed E-state index contributed by atoms with van der Waals surface area (Å²) >= 11 is 1.62. The Labute approximate surface area is 204 Å². The van der Waals surface area contributed by atoms with Crippen LogP contribution in [0, 0.1) is 18.8 Å². The number of carbonyl (C=O) groups excluding carboxylic acids is 1. The zero-order chi connectivity index (χ0) is 24.3. The van der Waals surface area contributed by atoms with E-state index in [-0.39, 0.29) is 17.4 Å². The fourth-order valence-electron chi connectivity index (χ4n) is 5.45. The summed E-state index contributed by atoms with van der Waals surface area (Å²) in [7, 11) is 0. The number of hydrogen-bond donors (Lipinski definition) is 0. The first-order valence-corrected chi connectivity index (χ1v) is 13.3. The molecule has 2 aromatic heterocycles. The van der Waals surface area contributed by atoms with Gasteiger partial charge in [0.25, 0.3) is 5.92 Å². The van der Waals surface area contributed by atoms with Crippen molar-refractivity contribution in [2.45, 2.75) is 77.7 Å². The fraction of sp³-hybridized carbons (Fsp3) is 0.720. The maximum absolute atomic E-state index is 13.9. The highest BCUT2D eigenvalue weighted by Crippen LogP contribution is 2.36. The molecule has 34 heavy (non-hydrogen) atoms. The first-order valence-electron chi connectivity index (χ1n) is 12.4. The molecule has 0 N–H and O–H groups in total. The van der Waals surface area contributed by atoms with Gasteiger partial charge in [-0.1, -0.05) is 18.0 Å². The molecule has 0 spiro atoms. The van der Waals surface area contributed by atoms with Crippen LogP contribution in [0.25, 0.3) is 0 Å². The number of aromatic nitrogens is 2. The molecule has 9 heteroatoms. The second kappa shape index (κ2) is 10.8. The van der Waals surface area contributed by atoms with Gasteiger partial charge in [-0.05, 0) is 51.5 Å². The van der Waals surface area contributed by atoms with Crippen LogP contribution in [0.2, 0.25) is 0 Å². The third kappa shape index (κ3) is 6.42. The van der Waals surface area contributed by atoms with Crippen molar-refractivity contribution in [3.05, 3.63) is 27.9 Å². The number of alkyl halides is 2. The van der Waals surface area contributed by atoms with Crippen molar-refractivity contribution in [1.29, 1.82) is 0 Å². The molecule has 0 amide bonds. The molecule has 1 saturated heterocycles. The van der Waals surface area contributed by atoms with Crippen LogP contribution in [0.15, 0.2) is 17.0 Å². The monoisotopic (exact) mass is 494 g/mol. The largest absolute Gasteiger partial charge is 0.362 e. The molecule has 2 fully saturated rings. The molecule has 1 saturated carbocycles. The van der Waals surface area contributed by atoms with Crippen molar-refractivity contribution in [3.8, 4) is 0 Å². The molecule has 0 radical (unpaired) electrons. The van der Waals surface area contributed by atoms with Gasteiger partial charge in [-0.25, -0.2) is 13.8 Å². The van der Waals surface area contributed by atoms with E-state index in [4.69, 9.17) is 4.52 Å². The Bertz CT molecular complexity index is 949. The summed E-state index contributed by atoms with van der Waals surface area (Å²) in [6.07, 6.45) is 9.96. The van der Waals surface area contributed by atoms with E-state index in [9.17, 15) is 13.6 Å². The molecule has 1 aliphatic heterocycles. The fourth-order valence-corrected chi connectivity index (χ4v) is 6.28. The summed E-state index contributed by atoms with van der Waals surface area (Å²) in [6.45, 7) is 8.30. The molecule has 4 rings (SSSR count).